The number of hydrogen-bond acceptors (Lipinski definition) is 3. The summed E-state index contributed by atoms with van der Waals surface area (Å²) in [7, 11) is 0. The fourth-order valence-corrected chi connectivity index (χ4v) is 3.70. The van der Waals surface area contributed by atoms with Crippen molar-refractivity contribution >= 4 is 11.4 Å². The topological polar surface area (TPSA) is 53.0 Å². The summed E-state index contributed by atoms with van der Waals surface area (Å²) in [5.74, 6) is 0. The molecule has 1 heterocycles. The van der Waals surface area contributed by atoms with Gasteiger partial charge in [0.05, 0.1) is 5.56 Å². The Labute approximate surface area is 115 Å². The fourth-order valence-electron chi connectivity index (χ4n) is 3.70. The SMILES string of the molecule is N#Cc1cc(N2CCC3(CCCC3)CC2)ccc1N. The van der Waals surface area contributed by atoms with Gasteiger partial charge in [-0.1, -0.05) is 12.8 Å². The molecule has 1 aliphatic carbocycles. The van der Waals surface area contributed by atoms with Crippen molar-refractivity contribution < 1.29 is 0 Å². The van der Waals surface area contributed by atoms with E-state index in [1.54, 1.807) is 0 Å². The average Bonchev–Trinajstić information content (AvgIpc) is 2.89. The molecule has 0 unspecified atom stereocenters. The van der Waals surface area contributed by atoms with Crippen molar-refractivity contribution in [2.45, 2.75) is 38.5 Å². The fraction of sp³-hybridized carbons (Fsp3) is 0.562. The van der Waals surface area contributed by atoms with E-state index in [0.717, 1.165) is 18.8 Å². The molecule has 0 aromatic heterocycles. The quantitative estimate of drug-likeness (QED) is 0.783. The highest BCUT2D eigenvalue weighted by Crippen LogP contribution is 2.46. The van der Waals surface area contributed by atoms with Crippen LogP contribution in [-0.4, -0.2) is 13.1 Å². The minimum atomic E-state index is 0.579. The second kappa shape index (κ2) is 4.77. The lowest BCUT2D eigenvalue weighted by Gasteiger charge is -2.40. The Kier molecular flexibility index (Phi) is 3.10. The third-order valence-corrected chi connectivity index (χ3v) is 5.01. The first kappa shape index (κ1) is 12.3. The molecule has 2 aliphatic rings. The summed E-state index contributed by atoms with van der Waals surface area (Å²) < 4.78 is 0. The van der Waals surface area contributed by atoms with Crippen LogP contribution in [0, 0.1) is 16.7 Å². The molecule has 1 saturated heterocycles. The van der Waals surface area contributed by atoms with Gasteiger partial charge in [0.2, 0.25) is 0 Å². The van der Waals surface area contributed by atoms with E-state index in [9.17, 15) is 0 Å². The van der Waals surface area contributed by atoms with Crippen LogP contribution < -0.4 is 10.6 Å². The number of hydrogen-bond donors (Lipinski definition) is 1. The Balaban J connectivity index is 1.73. The zero-order valence-corrected chi connectivity index (χ0v) is 11.4. The van der Waals surface area contributed by atoms with E-state index in [4.69, 9.17) is 11.0 Å². The first-order valence-electron chi connectivity index (χ1n) is 7.27. The third-order valence-electron chi connectivity index (χ3n) is 5.01. The predicted octanol–water partition coefficient (Wildman–Crippen LogP) is 3.30. The van der Waals surface area contributed by atoms with Crippen molar-refractivity contribution in [3.05, 3.63) is 23.8 Å². The van der Waals surface area contributed by atoms with Crippen LogP contribution in [0.5, 0.6) is 0 Å². The van der Waals surface area contributed by atoms with E-state index in [2.05, 4.69) is 11.0 Å². The summed E-state index contributed by atoms with van der Waals surface area (Å²) in [6.45, 7) is 2.24. The van der Waals surface area contributed by atoms with Crippen molar-refractivity contribution in [2.24, 2.45) is 5.41 Å². The first-order chi connectivity index (χ1) is 9.22. The molecular weight excluding hydrogens is 234 g/mol. The van der Waals surface area contributed by atoms with Gasteiger partial charge in [0.15, 0.2) is 0 Å². The van der Waals surface area contributed by atoms with Gasteiger partial charge in [-0.25, -0.2) is 0 Å². The molecule has 1 aromatic rings. The van der Waals surface area contributed by atoms with Gasteiger partial charge >= 0.3 is 0 Å². The molecule has 3 rings (SSSR count). The molecule has 0 bridgehead atoms. The third kappa shape index (κ3) is 2.28. The van der Waals surface area contributed by atoms with E-state index < -0.39 is 0 Å². The summed E-state index contributed by atoms with van der Waals surface area (Å²) in [5.41, 5.74) is 8.75. The Morgan fingerprint density at radius 2 is 1.79 bits per heavy atom. The molecule has 1 spiro atoms. The van der Waals surface area contributed by atoms with E-state index in [-0.39, 0.29) is 0 Å². The van der Waals surface area contributed by atoms with Gasteiger partial charge in [-0.2, -0.15) is 5.26 Å². The molecule has 3 heteroatoms. The Morgan fingerprint density at radius 3 is 2.42 bits per heavy atom. The molecule has 0 atom stereocenters. The van der Waals surface area contributed by atoms with Gasteiger partial charge in [-0.05, 0) is 49.3 Å². The van der Waals surface area contributed by atoms with Crippen LogP contribution >= 0.6 is 0 Å². The normalized spacial score (nSPS) is 21.5. The highest BCUT2D eigenvalue weighted by molar-refractivity contribution is 5.62. The molecule has 1 saturated carbocycles. The van der Waals surface area contributed by atoms with E-state index in [1.807, 2.05) is 18.2 Å². The average molecular weight is 255 g/mol. The molecule has 0 amide bonds. The van der Waals surface area contributed by atoms with Gasteiger partial charge in [-0.15, -0.1) is 0 Å². The maximum absolute atomic E-state index is 9.06. The first-order valence-corrected chi connectivity index (χ1v) is 7.27. The Hall–Kier alpha value is -1.69. The molecule has 3 nitrogen and oxygen atoms in total. The van der Waals surface area contributed by atoms with E-state index >= 15 is 0 Å². The largest absolute Gasteiger partial charge is 0.398 e. The molecule has 1 aliphatic heterocycles. The van der Waals surface area contributed by atoms with Crippen molar-refractivity contribution in [3.8, 4) is 6.07 Å². The predicted molar refractivity (Wildman–Crippen MR) is 77.9 cm³/mol. The van der Waals surface area contributed by atoms with Crippen LogP contribution in [0.15, 0.2) is 18.2 Å². The van der Waals surface area contributed by atoms with Gasteiger partial charge in [0, 0.05) is 24.5 Å². The molecule has 19 heavy (non-hydrogen) atoms. The van der Waals surface area contributed by atoms with Crippen LogP contribution in [0.25, 0.3) is 0 Å². The van der Waals surface area contributed by atoms with Crippen molar-refractivity contribution in [1.29, 1.82) is 5.26 Å². The number of nitrogens with zero attached hydrogens (tertiary/aromatic N) is 2. The molecule has 2 fully saturated rings. The zero-order chi connectivity index (χ0) is 13.3. The van der Waals surface area contributed by atoms with Gasteiger partial charge in [0.1, 0.15) is 6.07 Å². The lowest BCUT2D eigenvalue weighted by Crippen LogP contribution is -2.38. The standard InChI is InChI=1S/C16H21N3/c17-12-13-11-14(3-4-15(13)18)19-9-7-16(8-10-19)5-1-2-6-16/h3-4,11H,1-2,5-10,18H2. The summed E-state index contributed by atoms with van der Waals surface area (Å²) in [6.07, 6.45) is 8.29. The molecule has 100 valence electrons. The summed E-state index contributed by atoms with van der Waals surface area (Å²) in [5, 5.41) is 9.06. The van der Waals surface area contributed by atoms with Crippen molar-refractivity contribution in [1.82, 2.24) is 0 Å². The monoisotopic (exact) mass is 255 g/mol. The number of nitrogen functional groups attached to an aromatic ring is 1. The van der Waals surface area contributed by atoms with Crippen molar-refractivity contribution in [2.75, 3.05) is 23.7 Å². The van der Waals surface area contributed by atoms with Crippen LogP contribution in [-0.2, 0) is 0 Å². The van der Waals surface area contributed by atoms with Crippen molar-refractivity contribution in [3.63, 3.8) is 0 Å². The number of piperidine rings is 1. The smallest absolute Gasteiger partial charge is 0.101 e. The maximum Gasteiger partial charge on any atom is 0.101 e. The Morgan fingerprint density at radius 1 is 1.11 bits per heavy atom. The zero-order valence-electron chi connectivity index (χ0n) is 11.4. The van der Waals surface area contributed by atoms with Crippen LogP contribution in [0.4, 0.5) is 11.4 Å². The number of rotatable bonds is 1. The molecular formula is C16H21N3. The van der Waals surface area contributed by atoms with Crippen LogP contribution in [0.1, 0.15) is 44.1 Å². The minimum absolute atomic E-state index is 0.579. The lowest BCUT2D eigenvalue weighted by atomic mass is 9.77. The number of anilines is 2. The highest BCUT2D eigenvalue weighted by atomic mass is 15.1. The van der Waals surface area contributed by atoms with Gasteiger partial charge in [0.25, 0.3) is 0 Å². The molecule has 1 aromatic carbocycles. The van der Waals surface area contributed by atoms with Gasteiger partial charge < -0.3 is 10.6 Å². The summed E-state index contributed by atoms with van der Waals surface area (Å²) in [6, 6.07) is 8.00. The van der Waals surface area contributed by atoms with Crippen LogP contribution in [0.2, 0.25) is 0 Å². The Bertz CT molecular complexity index is 499. The van der Waals surface area contributed by atoms with Gasteiger partial charge in [-0.3, -0.25) is 0 Å². The summed E-state index contributed by atoms with van der Waals surface area (Å²) >= 11 is 0. The minimum Gasteiger partial charge on any atom is -0.398 e. The second-order valence-electron chi connectivity index (χ2n) is 6.08. The maximum atomic E-state index is 9.06. The van der Waals surface area contributed by atoms with E-state index in [1.165, 1.54) is 38.5 Å². The lowest BCUT2D eigenvalue weighted by molar-refractivity contribution is 0.226. The second-order valence-corrected chi connectivity index (χ2v) is 6.08. The summed E-state index contributed by atoms with van der Waals surface area (Å²) in [4.78, 5) is 2.41. The number of nitriles is 1. The van der Waals surface area contributed by atoms with E-state index in [0.29, 0.717) is 16.7 Å². The number of nitrogens with two attached hydrogens (primary N) is 1. The van der Waals surface area contributed by atoms with Crippen LogP contribution in [0.3, 0.4) is 0 Å². The highest BCUT2D eigenvalue weighted by Gasteiger charge is 2.36. The number of benzene rings is 1. The molecule has 0 radical (unpaired) electrons. The molecule has 2 N–H and O–H groups in total.